The zero-order valence-electron chi connectivity index (χ0n) is 19.7. The summed E-state index contributed by atoms with van der Waals surface area (Å²) in [5, 5.41) is 8.24. The molecular formula is C25H31N3O5. The first kappa shape index (κ1) is 25.6. The van der Waals surface area contributed by atoms with Gasteiger partial charge in [-0.3, -0.25) is 9.59 Å². The molecule has 0 radical (unpaired) electrons. The molecule has 3 amide bonds. The van der Waals surface area contributed by atoms with Crippen LogP contribution in [0.3, 0.4) is 0 Å². The lowest BCUT2D eigenvalue weighted by Crippen LogP contribution is -2.39. The summed E-state index contributed by atoms with van der Waals surface area (Å²) in [5.74, 6) is -1.10. The predicted octanol–water partition coefficient (Wildman–Crippen LogP) is 3.92. The molecule has 8 heteroatoms. The van der Waals surface area contributed by atoms with Crippen molar-refractivity contribution in [2.45, 2.75) is 47.2 Å². The molecule has 0 saturated heterocycles. The number of ketones is 1. The topological polar surface area (TPSA) is 114 Å². The van der Waals surface area contributed by atoms with Crippen LogP contribution in [-0.2, 0) is 16.1 Å². The van der Waals surface area contributed by atoms with Gasteiger partial charge in [0.2, 0.25) is 5.91 Å². The van der Waals surface area contributed by atoms with E-state index < -0.39 is 18.0 Å². The quantitative estimate of drug-likeness (QED) is 0.414. The van der Waals surface area contributed by atoms with Gasteiger partial charge >= 0.3 is 12.0 Å². The van der Waals surface area contributed by atoms with Crippen molar-refractivity contribution >= 4 is 29.4 Å². The molecule has 2 aromatic rings. The van der Waals surface area contributed by atoms with E-state index in [2.05, 4.69) is 16.0 Å². The Morgan fingerprint density at radius 2 is 1.45 bits per heavy atom. The number of rotatable bonds is 8. The van der Waals surface area contributed by atoms with Gasteiger partial charge < -0.3 is 20.7 Å². The maximum absolute atomic E-state index is 12.3. The molecule has 0 unspecified atom stereocenters. The lowest BCUT2D eigenvalue weighted by atomic mass is 9.95. The minimum absolute atomic E-state index is 0.0390. The molecule has 0 bridgehead atoms. The molecule has 0 atom stereocenters. The van der Waals surface area contributed by atoms with Crippen LogP contribution in [0.15, 0.2) is 48.5 Å². The summed E-state index contributed by atoms with van der Waals surface area (Å²) in [6.07, 6.45) is 0. The van der Waals surface area contributed by atoms with Crippen molar-refractivity contribution in [2.24, 2.45) is 5.41 Å². The lowest BCUT2D eigenvalue weighted by molar-refractivity contribution is -0.123. The maximum atomic E-state index is 12.3. The minimum Gasteiger partial charge on any atom is -0.454 e. The number of carbonyl (C=O) groups excluding carboxylic acids is 4. The maximum Gasteiger partial charge on any atom is 0.338 e. The molecule has 176 valence electrons. The van der Waals surface area contributed by atoms with Crippen LogP contribution >= 0.6 is 0 Å². The predicted molar refractivity (Wildman–Crippen MR) is 126 cm³/mol. The molecule has 0 aliphatic heterocycles. The fourth-order valence-corrected chi connectivity index (χ4v) is 2.61. The first-order chi connectivity index (χ1) is 15.5. The molecular weight excluding hydrogens is 422 g/mol. The van der Waals surface area contributed by atoms with E-state index in [-0.39, 0.29) is 23.8 Å². The van der Waals surface area contributed by atoms with E-state index in [1.807, 2.05) is 34.6 Å². The van der Waals surface area contributed by atoms with E-state index >= 15 is 0 Å². The average molecular weight is 454 g/mol. The Bertz CT molecular complexity index is 990. The van der Waals surface area contributed by atoms with Crippen molar-refractivity contribution < 1.29 is 23.9 Å². The van der Waals surface area contributed by atoms with Crippen LogP contribution in [0.1, 0.15) is 60.9 Å². The Morgan fingerprint density at radius 1 is 0.879 bits per heavy atom. The number of amides is 3. The molecule has 0 fully saturated rings. The summed E-state index contributed by atoms with van der Waals surface area (Å²) in [6.45, 7) is 9.09. The summed E-state index contributed by atoms with van der Waals surface area (Å²) < 4.78 is 5.13. The third kappa shape index (κ3) is 8.40. The smallest absolute Gasteiger partial charge is 0.338 e. The van der Waals surface area contributed by atoms with Gasteiger partial charge in [-0.1, -0.05) is 32.9 Å². The number of anilines is 1. The van der Waals surface area contributed by atoms with Crippen molar-refractivity contribution in [2.75, 3.05) is 11.9 Å². The van der Waals surface area contributed by atoms with E-state index in [0.29, 0.717) is 23.4 Å². The van der Waals surface area contributed by atoms with Crippen molar-refractivity contribution in [3.8, 4) is 0 Å². The highest BCUT2D eigenvalue weighted by Crippen LogP contribution is 2.18. The summed E-state index contributed by atoms with van der Waals surface area (Å²) >= 11 is 0. The first-order valence-corrected chi connectivity index (χ1v) is 10.7. The molecule has 2 aromatic carbocycles. The van der Waals surface area contributed by atoms with E-state index in [1.54, 1.807) is 48.5 Å². The zero-order chi connectivity index (χ0) is 24.6. The van der Waals surface area contributed by atoms with Crippen molar-refractivity contribution in [3.63, 3.8) is 0 Å². The Balaban J connectivity index is 1.84. The summed E-state index contributed by atoms with van der Waals surface area (Å²) in [5.41, 5.74) is 1.55. The van der Waals surface area contributed by atoms with Crippen molar-refractivity contribution in [3.05, 3.63) is 65.2 Å². The molecule has 33 heavy (non-hydrogen) atoms. The zero-order valence-corrected chi connectivity index (χ0v) is 19.7. The molecule has 0 heterocycles. The third-order valence-electron chi connectivity index (χ3n) is 4.54. The van der Waals surface area contributed by atoms with E-state index in [9.17, 15) is 19.2 Å². The minimum atomic E-state index is -0.616. The third-order valence-corrected chi connectivity index (χ3v) is 4.54. The molecule has 8 nitrogen and oxygen atoms in total. The van der Waals surface area contributed by atoms with Crippen LogP contribution in [0.5, 0.6) is 0 Å². The Morgan fingerprint density at radius 3 is 2.00 bits per heavy atom. The number of hydrogen-bond acceptors (Lipinski definition) is 5. The van der Waals surface area contributed by atoms with Gasteiger partial charge in [-0.2, -0.15) is 0 Å². The van der Waals surface area contributed by atoms with Gasteiger partial charge in [-0.15, -0.1) is 0 Å². The second kappa shape index (κ2) is 11.3. The lowest BCUT2D eigenvalue weighted by Gasteiger charge is -2.17. The van der Waals surface area contributed by atoms with Crippen LogP contribution in [0.2, 0.25) is 0 Å². The van der Waals surface area contributed by atoms with Crippen LogP contribution in [0.25, 0.3) is 0 Å². The fourth-order valence-electron chi connectivity index (χ4n) is 2.61. The van der Waals surface area contributed by atoms with Crippen molar-refractivity contribution in [1.82, 2.24) is 10.6 Å². The average Bonchev–Trinajstić information content (AvgIpc) is 2.75. The SMILES string of the molecule is CC(C)NC(=O)NCc1ccc(C(=O)OCC(=O)c2ccc(NC(=O)C(C)(C)C)cc2)cc1. The van der Waals surface area contributed by atoms with E-state index in [0.717, 1.165) is 5.56 Å². The Hall–Kier alpha value is -3.68. The Kier molecular flexibility index (Phi) is 8.73. The van der Waals surface area contributed by atoms with Crippen LogP contribution in [-0.4, -0.2) is 36.3 Å². The summed E-state index contributed by atoms with van der Waals surface area (Å²) in [4.78, 5) is 48.2. The number of urea groups is 1. The molecule has 3 N–H and O–H groups in total. The normalized spacial score (nSPS) is 11.0. The number of Topliss-reactive ketones (excluding diaryl/α,β-unsaturated/α-hetero) is 1. The van der Waals surface area contributed by atoms with Crippen LogP contribution in [0.4, 0.5) is 10.5 Å². The number of hydrogen-bond donors (Lipinski definition) is 3. The van der Waals surface area contributed by atoms with Gasteiger partial charge in [-0.05, 0) is 55.8 Å². The molecule has 2 rings (SSSR count). The monoisotopic (exact) mass is 453 g/mol. The van der Waals surface area contributed by atoms with Gasteiger partial charge in [0.25, 0.3) is 0 Å². The van der Waals surface area contributed by atoms with Gasteiger partial charge in [0.15, 0.2) is 12.4 Å². The van der Waals surface area contributed by atoms with Gasteiger partial charge in [0.05, 0.1) is 5.56 Å². The second-order valence-electron chi connectivity index (χ2n) is 8.96. The van der Waals surface area contributed by atoms with E-state index in [4.69, 9.17) is 4.74 Å². The van der Waals surface area contributed by atoms with Crippen LogP contribution < -0.4 is 16.0 Å². The van der Waals surface area contributed by atoms with Gasteiger partial charge in [0.1, 0.15) is 0 Å². The molecule has 0 aromatic heterocycles. The largest absolute Gasteiger partial charge is 0.454 e. The standard InChI is InChI=1S/C25H31N3O5/c1-16(2)27-24(32)26-14-17-6-8-19(9-7-17)22(30)33-15-21(29)18-10-12-20(13-11-18)28-23(31)25(3,4)5/h6-13,16H,14-15H2,1-5H3,(H,28,31)(H2,26,27,32). The number of carbonyl (C=O) groups is 4. The number of nitrogens with one attached hydrogen (secondary N) is 3. The van der Waals surface area contributed by atoms with Gasteiger partial charge in [0, 0.05) is 29.3 Å². The van der Waals surface area contributed by atoms with E-state index in [1.165, 1.54) is 0 Å². The Labute approximate surface area is 194 Å². The van der Waals surface area contributed by atoms with Crippen LogP contribution in [0, 0.1) is 5.41 Å². The number of esters is 1. The summed E-state index contributed by atoms with van der Waals surface area (Å²) in [7, 11) is 0. The summed E-state index contributed by atoms with van der Waals surface area (Å²) in [6, 6.07) is 12.8. The molecule has 0 aliphatic rings. The number of ether oxygens (including phenoxy) is 1. The second-order valence-corrected chi connectivity index (χ2v) is 8.96. The molecule has 0 saturated carbocycles. The molecule has 0 spiro atoms. The fraction of sp³-hybridized carbons (Fsp3) is 0.360. The number of benzene rings is 2. The van der Waals surface area contributed by atoms with Crippen molar-refractivity contribution in [1.29, 1.82) is 0 Å². The highest BCUT2D eigenvalue weighted by atomic mass is 16.5. The first-order valence-electron chi connectivity index (χ1n) is 10.7. The highest BCUT2D eigenvalue weighted by molar-refractivity contribution is 6.00. The highest BCUT2D eigenvalue weighted by Gasteiger charge is 2.21. The molecule has 0 aliphatic carbocycles. The van der Waals surface area contributed by atoms with Gasteiger partial charge in [-0.25, -0.2) is 9.59 Å².